The Morgan fingerprint density at radius 2 is 1.29 bits per heavy atom. The highest BCUT2D eigenvalue weighted by Gasteiger charge is 2.09. The molecule has 0 unspecified atom stereocenters. The van der Waals surface area contributed by atoms with Crippen LogP contribution in [0.3, 0.4) is 0 Å². The second kappa shape index (κ2) is 5.04. The Balaban J connectivity index is 2.26. The lowest BCUT2D eigenvalue weighted by Crippen LogP contribution is -2.29. The van der Waals surface area contributed by atoms with Gasteiger partial charge in [0, 0.05) is 0 Å². The van der Waals surface area contributed by atoms with Crippen LogP contribution in [-0.4, -0.2) is 24.3 Å². The lowest BCUT2D eigenvalue weighted by Gasteiger charge is -2.05. The van der Waals surface area contributed by atoms with E-state index < -0.39 is 7.12 Å². The van der Waals surface area contributed by atoms with E-state index in [1.807, 2.05) is 36.4 Å². The van der Waals surface area contributed by atoms with Crippen LogP contribution in [0, 0.1) is 0 Å². The van der Waals surface area contributed by atoms with Gasteiger partial charge in [-0.05, 0) is 28.7 Å². The largest absolute Gasteiger partial charge is 0.497 e. The van der Waals surface area contributed by atoms with Gasteiger partial charge in [0.05, 0.1) is 7.11 Å². The number of benzene rings is 2. The minimum absolute atomic E-state index is 0.488. The summed E-state index contributed by atoms with van der Waals surface area (Å²) >= 11 is 0. The van der Waals surface area contributed by atoms with E-state index >= 15 is 0 Å². The molecule has 17 heavy (non-hydrogen) atoms. The maximum absolute atomic E-state index is 8.99. The SMILES string of the molecule is COc1ccc(-c2ccc(B(O)O)cc2)cc1. The van der Waals surface area contributed by atoms with Crippen LogP contribution >= 0.6 is 0 Å². The second-order valence-electron chi connectivity index (χ2n) is 3.72. The van der Waals surface area contributed by atoms with Crippen molar-refractivity contribution in [1.29, 1.82) is 0 Å². The molecule has 4 heteroatoms. The summed E-state index contributed by atoms with van der Waals surface area (Å²) in [4.78, 5) is 0. The van der Waals surface area contributed by atoms with Crippen LogP contribution in [0.25, 0.3) is 11.1 Å². The van der Waals surface area contributed by atoms with Crippen molar-refractivity contribution in [3.8, 4) is 16.9 Å². The molecular weight excluding hydrogens is 215 g/mol. The van der Waals surface area contributed by atoms with E-state index in [0.717, 1.165) is 16.9 Å². The monoisotopic (exact) mass is 228 g/mol. The van der Waals surface area contributed by atoms with E-state index in [2.05, 4.69) is 0 Å². The van der Waals surface area contributed by atoms with E-state index in [9.17, 15) is 0 Å². The molecule has 0 heterocycles. The summed E-state index contributed by atoms with van der Waals surface area (Å²) in [6.45, 7) is 0. The van der Waals surface area contributed by atoms with Gasteiger partial charge in [-0.3, -0.25) is 0 Å². The Kier molecular flexibility index (Phi) is 3.47. The smallest absolute Gasteiger partial charge is 0.488 e. The molecule has 0 aliphatic rings. The highest BCUT2D eigenvalue weighted by molar-refractivity contribution is 6.58. The van der Waals surface area contributed by atoms with Gasteiger partial charge in [0.1, 0.15) is 5.75 Å². The fourth-order valence-electron chi connectivity index (χ4n) is 1.63. The lowest BCUT2D eigenvalue weighted by molar-refractivity contribution is 0.415. The average Bonchev–Trinajstić information content (AvgIpc) is 2.39. The second-order valence-corrected chi connectivity index (χ2v) is 3.72. The highest BCUT2D eigenvalue weighted by atomic mass is 16.5. The third-order valence-corrected chi connectivity index (χ3v) is 2.63. The van der Waals surface area contributed by atoms with Crippen molar-refractivity contribution in [2.45, 2.75) is 0 Å². The molecule has 2 aromatic carbocycles. The number of hydrogen-bond acceptors (Lipinski definition) is 3. The van der Waals surface area contributed by atoms with Crippen LogP contribution in [0.4, 0.5) is 0 Å². The Bertz CT molecular complexity index is 477. The van der Waals surface area contributed by atoms with Crippen molar-refractivity contribution >= 4 is 12.6 Å². The maximum Gasteiger partial charge on any atom is 0.488 e. The molecule has 0 saturated carbocycles. The van der Waals surface area contributed by atoms with Gasteiger partial charge in [0.15, 0.2) is 0 Å². The van der Waals surface area contributed by atoms with Gasteiger partial charge in [-0.25, -0.2) is 0 Å². The van der Waals surface area contributed by atoms with Gasteiger partial charge >= 0.3 is 7.12 Å². The predicted molar refractivity (Wildman–Crippen MR) is 68.3 cm³/mol. The number of methoxy groups -OCH3 is 1. The van der Waals surface area contributed by atoms with E-state index in [4.69, 9.17) is 14.8 Å². The third kappa shape index (κ3) is 2.67. The molecule has 0 spiro atoms. The van der Waals surface area contributed by atoms with E-state index in [1.54, 1.807) is 19.2 Å². The van der Waals surface area contributed by atoms with Crippen LogP contribution < -0.4 is 10.2 Å². The normalized spacial score (nSPS) is 10.1. The van der Waals surface area contributed by atoms with Crippen LogP contribution in [-0.2, 0) is 0 Å². The average molecular weight is 228 g/mol. The zero-order valence-corrected chi connectivity index (χ0v) is 9.50. The summed E-state index contributed by atoms with van der Waals surface area (Å²) in [5.41, 5.74) is 2.57. The van der Waals surface area contributed by atoms with Gasteiger partial charge in [-0.2, -0.15) is 0 Å². The van der Waals surface area contributed by atoms with E-state index in [-0.39, 0.29) is 0 Å². The van der Waals surface area contributed by atoms with Crippen molar-refractivity contribution in [3.05, 3.63) is 48.5 Å². The summed E-state index contributed by atoms with van der Waals surface area (Å²) in [6.07, 6.45) is 0. The van der Waals surface area contributed by atoms with Crippen molar-refractivity contribution in [3.63, 3.8) is 0 Å². The highest BCUT2D eigenvalue weighted by Crippen LogP contribution is 2.21. The van der Waals surface area contributed by atoms with Crippen molar-refractivity contribution in [2.75, 3.05) is 7.11 Å². The Labute approximate surface area is 100 Å². The van der Waals surface area contributed by atoms with Gasteiger partial charge in [0.2, 0.25) is 0 Å². The predicted octanol–water partition coefficient (Wildman–Crippen LogP) is 1.04. The fourth-order valence-corrected chi connectivity index (χ4v) is 1.63. The molecular formula is C13H13BO3. The van der Waals surface area contributed by atoms with Crippen LogP contribution in [0.1, 0.15) is 0 Å². The zero-order chi connectivity index (χ0) is 12.3. The first-order valence-corrected chi connectivity index (χ1v) is 5.31. The Morgan fingerprint density at radius 3 is 1.71 bits per heavy atom. The molecule has 0 fully saturated rings. The van der Waals surface area contributed by atoms with Crippen LogP contribution in [0.5, 0.6) is 5.75 Å². The maximum atomic E-state index is 8.99. The molecule has 2 aromatic rings. The van der Waals surface area contributed by atoms with Crippen molar-refractivity contribution in [2.24, 2.45) is 0 Å². The van der Waals surface area contributed by atoms with Crippen LogP contribution in [0.2, 0.25) is 0 Å². The molecule has 0 bridgehead atoms. The molecule has 0 radical (unpaired) electrons. The summed E-state index contributed by atoms with van der Waals surface area (Å²) in [5.74, 6) is 0.816. The van der Waals surface area contributed by atoms with E-state index in [0.29, 0.717) is 5.46 Å². The zero-order valence-electron chi connectivity index (χ0n) is 9.50. The topological polar surface area (TPSA) is 49.7 Å². The van der Waals surface area contributed by atoms with Crippen molar-refractivity contribution in [1.82, 2.24) is 0 Å². The van der Waals surface area contributed by atoms with Gasteiger partial charge in [-0.1, -0.05) is 36.4 Å². The summed E-state index contributed by atoms with van der Waals surface area (Å²) in [5, 5.41) is 18.0. The Hall–Kier alpha value is -1.78. The first-order valence-electron chi connectivity index (χ1n) is 5.31. The molecule has 2 N–H and O–H groups in total. The molecule has 0 aromatic heterocycles. The molecule has 3 nitrogen and oxygen atoms in total. The van der Waals surface area contributed by atoms with Crippen molar-refractivity contribution < 1.29 is 14.8 Å². The standard InChI is InChI=1S/C13H13BO3/c1-17-13-8-4-11(5-9-13)10-2-6-12(7-3-10)14(15)16/h2-9,15-16H,1H3. The quantitative estimate of drug-likeness (QED) is 0.771. The summed E-state index contributed by atoms with van der Waals surface area (Å²) in [7, 11) is 0.215. The lowest BCUT2D eigenvalue weighted by atomic mass is 9.80. The molecule has 0 amide bonds. The first kappa shape index (κ1) is 11.7. The van der Waals surface area contributed by atoms with Crippen LogP contribution in [0.15, 0.2) is 48.5 Å². The molecule has 0 atom stereocenters. The molecule has 0 saturated heterocycles. The molecule has 0 aliphatic carbocycles. The molecule has 0 aliphatic heterocycles. The Morgan fingerprint density at radius 1 is 0.824 bits per heavy atom. The van der Waals surface area contributed by atoms with Gasteiger partial charge < -0.3 is 14.8 Å². The number of rotatable bonds is 3. The number of ether oxygens (including phenoxy) is 1. The number of hydrogen-bond donors (Lipinski definition) is 2. The summed E-state index contributed by atoms with van der Waals surface area (Å²) in [6, 6.07) is 14.8. The minimum Gasteiger partial charge on any atom is -0.497 e. The summed E-state index contributed by atoms with van der Waals surface area (Å²) < 4.78 is 5.09. The minimum atomic E-state index is -1.42. The fraction of sp³-hybridized carbons (Fsp3) is 0.0769. The first-order chi connectivity index (χ1) is 8.20. The van der Waals surface area contributed by atoms with Gasteiger partial charge in [0.25, 0.3) is 0 Å². The van der Waals surface area contributed by atoms with Gasteiger partial charge in [-0.15, -0.1) is 0 Å². The molecule has 86 valence electrons. The molecule has 2 rings (SSSR count). The third-order valence-electron chi connectivity index (χ3n) is 2.63. The van der Waals surface area contributed by atoms with E-state index in [1.165, 1.54) is 0 Å².